The lowest BCUT2D eigenvalue weighted by atomic mass is 9.84. The Balaban J connectivity index is 2.44. The predicted molar refractivity (Wildman–Crippen MR) is 79.7 cm³/mol. The van der Waals surface area contributed by atoms with E-state index < -0.39 is 0 Å². The Morgan fingerprint density at radius 1 is 1.35 bits per heavy atom. The van der Waals surface area contributed by atoms with E-state index in [-0.39, 0.29) is 23.1 Å². The third-order valence-corrected chi connectivity index (χ3v) is 3.17. The summed E-state index contributed by atoms with van der Waals surface area (Å²) in [6.07, 6.45) is 1.24. The molecule has 112 valence electrons. The van der Waals surface area contributed by atoms with E-state index in [0.29, 0.717) is 25.1 Å². The second kappa shape index (κ2) is 7.39. The SMILES string of the molecule is CC(C)(C)CC(CN)C(=O)NCCc1ccccc1F. The van der Waals surface area contributed by atoms with Crippen molar-refractivity contribution in [2.45, 2.75) is 33.6 Å². The summed E-state index contributed by atoms with van der Waals surface area (Å²) in [6, 6.07) is 6.62. The van der Waals surface area contributed by atoms with Gasteiger partial charge in [0.2, 0.25) is 5.91 Å². The predicted octanol–water partition coefficient (Wildman–Crippen LogP) is 2.50. The molecule has 1 aromatic carbocycles. The number of nitrogens with two attached hydrogens (primary N) is 1. The summed E-state index contributed by atoms with van der Waals surface area (Å²) in [6.45, 7) is 7.02. The zero-order valence-corrected chi connectivity index (χ0v) is 12.6. The van der Waals surface area contributed by atoms with Crippen molar-refractivity contribution in [3.63, 3.8) is 0 Å². The first kappa shape index (κ1) is 16.6. The Bertz CT molecular complexity index is 440. The van der Waals surface area contributed by atoms with Gasteiger partial charge < -0.3 is 11.1 Å². The van der Waals surface area contributed by atoms with Crippen molar-refractivity contribution >= 4 is 5.91 Å². The maximum absolute atomic E-state index is 13.4. The molecule has 0 aliphatic rings. The van der Waals surface area contributed by atoms with Gasteiger partial charge in [-0.25, -0.2) is 4.39 Å². The number of benzene rings is 1. The highest BCUT2D eigenvalue weighted by Crippen LogP contribution is 2.23. The lowest BCUT2D eigenvalue weighted by Gasteiger charge is -2.24. The van der Waals surface area contributed by atoms with Crippen molar-refractivity contribution in [3.05, 3.63) is 35.6 Å². The molecule has 4 heteroatoms. The minimum atomic E-state index is -0.230. The first-order valence-corrected chi connectivity index (χ1v) is 7.04. The van der Waals surface area contributed by atoms with Crippen LogP contribution in [0.15, 0.2) is 24.3 Å². The molecule has 1 aromatic rings. The van der Waals surface area contributed by atoms with Crippen LogP contribution in [0, 0.1) is 17.2 Å². The third kappa shape index (κ3) is 5.70. The normalized spacial score (nSPS) is 13.1. The van der Waals surface area contributed by atoms with Gasteiger partial charge in [0, 0.05) is 13.1 Å². The van der Waals surface area contributed by atoms with Gasteiger partial charge in [0.1, 0.15) is 5.82 Å². The lowest BCUT2D eigenvalue weighted by molar-refractivity contribution is -0.125. The average molecular weight is 280 g/mol. The molecule has 0 aromatic heterocycles. The van der Waals surface area contributed by atoms with Crippen LogP contribution in [0.1, 0.15) is 32.8 Å². The second-order valence-corrected chi connectivity index (χ2v) is 6.33. The van der Waals surface area contributed by atoms with Gasteiger partial charge in [0.15, 0.2) is 0 Å². The number of amides is 1. The fourth-order valence-electron chi connectivity index (χ4n) is 2.19. The Kier molecular flexibility index (Phi) is 6.14. The monoisotopic (exact) mass is 280 g/mol. The van der Waals surface area contributed by atoms with Gasteiger partial charge in [-0.3, -0.25) is 4.79 Å². The van der Waals surface area contributed by atoms with E-state index in [4.69, 9.17) is 5.73 Å². The molecule has 0 radical (unpaired) electrons. The summed E-state index contributed by atoms with van der Waals surface area (Å²) < 4.78 is 13.4. The van der Waals surface area contributed by atoms with E-state index in [1.54, 1.807) is 18.2 Å². The number of halogens is 1. The fourth-order valence-corrected chi connectivity index (χ4v) is 2.19. The minimum Gasteiger partial charge on any atom is -0.355 e. The number of carbonyl (C=O) groups is 1. The number of nitrogens with one attached hydrogen (secondary N) is 1. The number of hydrogen-bond acceptors (Lipinski definition) is 2. The van der Waals surface area contributed by atoms with Crippen LogP contribution in [0.2, 0.25) is 0 Å². The molecule has 1 rings (SSSR count). The largest absolute Gasteiger partial charge is 0.355 e. The Morgan fingerprint density at radius 2 is 2.00 bits per heavy atom. The number of hydrogen-bond donors (Lipinski definition) is 2. The van der Waals surface area contributed by atoms with Gasteiger partial charge in [0.05, 0.1) is 5.92 Å². The standard InChI is InChI=1S/C16H25FN2O/c1-16(2,3)10-13(11-18)15(20)19-9-8-12-6-4-5-7-14(12)17/h4-7,13H,8-11,18H2,1-3H3,(H,19,20). The van der Waals surface area contributed by atoms with E-state index in [9.17, 15) is 9.18 Å². The number of rotatable bonds is 6. The van der Waals surface area contributed by atoms with Gasteiger partial charge in [-0.1, -0.05) is 39.0 Å². The van der Waals surface area contributed by atoms with Crippen molar-refractivity contribution in [1.82, 2.24) is 5.32 Å². The molecule has 0 saturated heterocycles. The molecule has 1 unspecified atom stereocenters. The van der Waals surface area contributed by atoms with Gasteiger partial charge in [-0.15, -0.1) is 0 Å². The highest BCUT2D eigenvalue weighted by Gasteiger charge is 2.23. The first-order chi connectivity index (χ1) is 9.33. The highest BCUT2D eigenvalue weighted by molar-refractivity contribution is 5.78. The molecule has 1 atom stereocenters. The molecule has 0 fully saturated rings. The Morgan fingerprint density at radius 3 is 2.55 bits per heavy atom. The summed E-state index contributed by atoms with van der Waals surface area (Å²) in [4.78, 5) is 12.0. The van der Waals surface area contributed by atoms with Crippen LogP contribution in [0.3, 0.4) is 0 Å². The van der Waals surface area contributed by atoms with E-state index in [1.807, 2.05) is 0 Å². The Labute approximate surface area is 120 Å². The highest BCUT2D eigenvalue weighted by atomic mass is 19.1. The molecule has 0 aliphatic carbocycles. The quantitative estimate of drug-likeness (QED) is 0.841. The van der Waals surface area contributed by atoms with Gasteiger partial charge in [-0.2, -0.15) is 0 Å². The molecule has 0 heterocycles. The van der Waals surface area contributed by atoms with Gasteiger partial charge in [0.25, 0.3) is 0 Å². The molecule has 0 aliphatic heterocycles. The van der Waals surface area contributed by atoms with E-state index in [2.05, 4.69) is 26.1 Å². The summed E-state index contributed by atoms with van der Waals surface area (Å²) >= 11 is 0. The molecule has 0 bridgehead atoms. The van der Waals surface area contributed by atoms with Gasteiger partial charge in [-0.05, 0) is 29.9 Å². The van der Waals surface area contributed by atoms with E-state index in [0.717, 1.165) is 6.42 Å². The fraction of sp³-hybridized carbons (Fsp3) is 0.562. The van der Waals surface area contributed by atoms with Crippen LogP contribution in [0.5, 0.6) is 0 Å². The maximum Gasteiger partial charge on any atom is 0.224 e. The molecule has 0 spiro atoms. The zero-order valence-electron chi connectivity index (χ0n) is 12.6. The van der Waals surface area contributed by atoms with Crippen LogP contribution >= 0.6 is 0 Å². The van der Waals surface area contributed by atoms with Crippen molar-refractivity contribution in [2.24, 2.45) is 17.1 Å². The summed E-state index contributed by atoms with van der Waals surface area (Å²) in [5.74, 6) is -0.457. The van der Waals surface area contributed by atoms with Crippen molar-refractivity contribution < 1.29 is 9.18 Å². The smallest absolute Gasteiger partial charge is 0.224 e. The van der Waals surface area contributed by atoms with Crippen LogP contribution in [0.4, 0.5) is 4.39 Å². The average Bonchev–Trinajstić information content (AvgIpc) is 2.37. The second-order valence-electron chi connectivity index (χ2n) is 6.33. The molecule has 3 nitrogen and oxygen atoms in total. The van der Waals surface area contributed by atoms with Gasteiger partial charge >= 0.3 is 0 Å². The molecule has 20 heavy (non-hydrogen) atoms. The topological polar surface area (TPSA) is 55.1 Å². The molecular formula is C16H25FN2O. The van der Waals surface area contributed by atoms with E-state index >= 15 is 0 Å². The summed E-state index contributed by atoms with van der Waals surface area (Å²) in [5.41, 5.74) is 6.35. The lowest BCUT2D eigenvalue weighted by Crippen LogP contribution is -2.38. The van der Waals surface area contributed by atoms with Crippen LogP contribution in [-0.4, -0.2) is 19.0 Å². The summed E-state index contributed by atoms with van der Waals surface area (Å²) in [7, 11) is 0. The number of carbonyl (C=O) groups excluding carboxylic acids is 1. The molecule has 0 saturated carbocycles. The zero-order chi connectivity index (χ0) is 15.2. The molecule has 1 amide bonds. The van der Waals surface area contributed by atoms with Crippen LogP contribution in [-0.2, 0) is 11.2 Å². The molecular weight excluding hydrogens is 255 g/mol. The van der Waals surface area contributed by atoms with Crippen LogP contribution in [0.25, 0.3) is 0 Å². The van der Waals surface area contributed by atoms with E-state index in [1.165, 1.54) is 6.07 Å². The van der Waals surface area contributed by atoms with Crippen LogP contribution < -0.4 is 11.1 Å². The first-order valence-electron chi connectivity index (χ1n) is 7.04. The van der Waals surface area contributed by atoms with Crippen molar-refractivity contribution in [2.75, 3.05) is 13.1 Å². The Hall–Kier alpha value is -1.42. The minimum absolute atomic E-state index is 0.0428. The third-order valence-electron chi connectivity index (χ3n) is 3.17. The molecule has 3 N–H and O–H groups in total. The van der Waals surface area contributed by atoms with Crippen molar-refractivity contribution in [1.29, 1.82) is 0 Å². The van der Waals surface area contributed by atoms with Crippen molar-refractivity contribution in [3.8, 4) is 0 Å². The summed E-state index contributed by atoms with van der Waals surface area (Å²) in [5, 5.41) is 2.85. The maximum atomic E-state index is 13.4.